The van der Waals surface area contributed by atoms with E-state index in [2.05, 4.69) is 4.74 Å². The molecule has 0 aliphatic carbocycles. The summed E-state index contributed by atoms with van der Waals surface area (Å²) in [6.45, 7) is 3.29. The normalized spacial score (nSPS) is 12.0. The lowest BCUT2D eigenvalue weighted by Crippen LogP contribution is -2.13. The molecule has 0 heterocycles. The second kappa shape index (κ2) is 5.77. The van der Waals surface area contributed by atoms with E-state index in [1.807, 2.05) is 0 Å². The van der Waals surface area contributed by atoms with Crippen LogP contribution in [-0.2, 0) is 4.74 Å². The van der Waals surface area contributed by atoms with Gasteiger partial charge < -0.3 is 4.74 Å². The van der Waals surface area contributed by atoms with E-state index < -0.39 is 17.2 Å². The molecule has 17 heavy (non-hydrogen) atoms. The van der Waals surface area contributed by atoms with E-state index in [1.54, 1.807) is 6.92 Å². The predicted octanol–water partition coefficient (Wildman–Crippen LogP) is 2.81. The van der Waals surface area contributed by atoms with Crippen LogP contribution in [-0.4, -0.2) is 23.7 Å². The Morgan fingerprint density at radius 2 is 2.12 bits per heavy atom. The second-order valence-corrected chi connectivity index (χ2v) is 4.05. The number of alkyl halides is 1. The number of benzene rings is 1. The summed E-state index contributed by atoms with van der Waals surface area (Å²) in [4.78, 5) is 22.8. The van der Waals surface area contributed by atoms with Gasteiger partial charge in [-0.1, -0.05) is 6.07 Å². The smallest absolute Gasteiger partial charge is 0.341 e. The summed E-state index contributed by atoms with van der Waals surface area (Å²) in [6, 6.07) is 3.57. The highest BCUT2D eigenvalue weighted by molar-refractivity contribution is 6.33. The standard InChI is InChI=1S/C12H12ClFO3/c1-3-17-12(16)9-5-4-8(6-10(9)14)11(15)7(2)13/h4-7H,3H2,1-2H3. The lowest BCUT2D eigenvalue weighted by molar-refractivity contribution is 0.0520. The number of hydrogen-bond acceptors (Lipinski definition) is 3. The molecule has 0 radical (unpaired) electrons. The molecule has 0 saturated carbocycles. The summed E-state index contributed by atoms with van der Waals surface area (Å²) in [5.41, 5.74) is -0.0522. The van der Waals surface area contributed by atoms with E-state index in [0.29, 0.717) is 0 Å². The maximum absolute atomic E-state index is 13.6. The molecule has 92 valence electrons. The van der Waals surface area contributed by atoms with Gasteiger partial charge in [0.15, 0.2) is 5.78 Å². The van der Waals surface area contributed by atoms with Crippen LogP contribution >= 0.6 is 11.6 Å². The molecule has 0 amide bonds. The molecule has 0 aliphatic rings. The van der Waals surface area contributed by atoms with Crippen molar-refractivity contribution in [2.24, 2.45) is 0 Å². The molecule has 5 heteroatoms. The Hall–Kier alpha value is -1.42. The van der Waals surface area contributed by atoms with Gasteiger partial charge in [0.05, 0.1) is 17.5 Å². The third-order valence-corrected chi connectivity index (χ3v) is 2.31. The first kappa shape index (κ1) is 13.6. The number of rotatable bonds is 4. The van der Waals surface area contributed by atoms with Crippen molar-refractivity contribution in [2.75, 3.05) is 6.61 Å². The van der Waals surface area contributed by atoms with Crippen LogP contribution in [0.5, 0.6) is 0 Å². The van der Waals surface area contributed by atoms with Crippen LogP contribution in [0.3, 0.4) is 0 Å². The fraction of sp³-hybridized carbons (Fsp3) is 0.333. The van der Waals surface area contributed by atoms with Gasteiger partial charge in [-0.05, 0) is 26.0 Å². The van der Waals surface area contributed by atoms with Crippen molar-refractivity contribution in [1.29, 1.82) is 0 Å². The van der Waals surface area contributed by atoms with Crippen LogP contribution in [0.15, 0.2) is 18.2 Å². The molecule has 1 rings (SSSR count). The van der Waals surface area contributed by atoms with Gasteiger partial charge in [0, 0.05) is 5.56 Å². The molecular formula is C12H12ClFO3. The maximum Gasteiger partial charge on any atom is 0.341 e. The van der Waals surface area contributed by atoms with E-state index in [1.165, 1.54) is 19.1 Å². The average molecular weight is 259 g/mol. The first-order valence-corrected chi connectivity index (χ1v) is 5.56. The highest BCUT2D eigenvalue weighted by atomic mass is 35.5. The number of ether oxygens (including phenoxy) is 1. The molecule has 0 aromatic heterocycles. The zero-order valence-electron chi connectivity index (χ0n) is 9.50. The number of ketones is 1. The zero-order chi connectivity index (χ0) is 13.0. The van der Waals surface area contributed by atoms with Gasteiger partial charge in [-0.3, -0.25) is 4.79 Å². The van der Waals surface area contributed by atoms with Crippen LogP contribution in [0.1, 0.15) is 34.6 Å². The van der Waals surface area contributed by atoms with Gasteiger partial charge in [0.2, 0.25) is 0 Å². The fourth-order valence-corrected chi connectivity index (χ4v) is 1.40. The molecule has 0 saturated heterocycles. The van der Waals surface area contributed by atoms with E-state index in [0.717, 1.165) is 6.07 Å². The van der Waals surface area contributed by atoms with E-state index in [-0.39, 0.29) is 23.5 Å². The van der Waals surface area contributed by atoms with E-state index >= 15 is 0 Å². The van der Waals surface area contributed by atoms with Crippen LogP contribution in [0.4, 0.5) is 4.39 Å². The molecule has 1 aromatic carbocycles. The van der Waals surface area contributed by atoms with Gasteiger partial charge in [-0.2, -0.15) is 0 Å². The molecule has 0 N–H and O–H groups in total. The minimum absolute atomic E-state index is 0.137. The van der Waals surface area contributed by atoms with Gasteiger partial charge in [0.25, 0.3) is 0 Å². The largest absolute Gasteiger partial charge is 0.462 e. The number of Topliss-reactive ketones (excluding diaryl/α,β-unsaturated/α-hetero) is 1. The van der Waals surface area contributed by atoms with Crippen molar-refractivity contribution >= 4 is 23.4 Å². The Kier molecular flexibility index (Phi) is 4.63. The Morgan fingerprint density at radius 1 is 1.47 bits per heavy atom. The Morgan fingerprint density at radius 3 is 2.59 bits per heavy atom. The average Bonchev–Trinajstić information content (AvgIpc) is 2.27. The van der Waals surface area contributed by atoms with Gasteiger partial charge in [0.1, 0.15) is 5.82 Å². The number of carbonyl (C=O) groups is 2. The summed E-state index contributed by atoms with van der Waals surface area (Å²) in [7, 11) is 0. The monoisotopic (exact) mass is 258 g/mol. The van der Waals surface area contributed by atoms with Crippen molar-refractivity contribution in [3.63, 3.8) is 0 Å². The lowest BCUT2D eigenvalue weighted by Gasteiger charge is -2.06. The Balaban J connectivity index is 3.02. The molecular weight excluding hydrogens is 247 g/mol. The number of carbonyl (C=O) groups excluding carboxylic acids is 2. The third-order valence-electron chi connectivity index (χ3n) is 2.11. The van der Waals surface area contributed by atoms with Crippen molar-refractivity contribution in [3.8, 4) is 0 Å². The highest BCUT2D eigenvalue weighted by Crippen LogP contribution is 2.15. The number of hydrogen-bond donors (Lipinski definition) is 0. The second-order valence-electron chi connectivity index (χ2n) is 3.40. The minimum Gasteiger partial charge on any atom is -0.462 e. The van der Waals surface area contributed by atoms with Crippen molar-refractivity contribution in [1.82, 2.24) is 0 Å². The van der Waals surface area contributed by atoms with Crippen molar-refractivity contribution < 1.29 is 18.7 Å². The van der Waals surface area contributed by atoms with Gasteiger partial charge in [-0.15, -0.1) is 11.6 Å². The van der Waals surface area contributed by atoms with Crippen molar-refractivity contribution in [3.05, 3.63) is 35.1 Å². The Bertz CT molecular complexity index is 443. The number of esters is 1. The van der Waals surface area contributed by atoms with Crippen molar-refractivity contribution in [2.45, 2.75) is 19.2 Å². The van der Waals surface area contributed by atoms with E-state index in [4.69, 9.17) is 11.6 Å². The van der Waals surface area contributed by atoms with E-state index in [9.17, 15) is 14.0 Å². The summed E-state index contributed by atoms with van der Waals surface area (Å²) >= 11 is 5.60. The quantitative estimate of drug-likeness (QED) is 0.474. The molecule has 0 aliphatic heterocycles. The van der Waals surface area contributed by atoms with Crippen LogP contribution in [0.2, 0.25) is 0 Å². The topological polar surface area (TPSA) is 43.4 Å². The first-order chi connectivity index (χ1) is 7.97. The Labute approximate surface area is 104 Å². The first-order valence-electron chi connectivity index (χ1n) is 5.12. The molecule has 1 atom stereocenters. The van der Waals surface area contributed by atoms with Gasteiger partial charge >= 0.3 is 5.97 Å². The maximum atomic E-state index is 13.6. The SMILES string of the molecule is CCOC(=O)c1ccc(C(=O)C(C)Cl)cc1F. The minimum atomic E-state index is -0.786. The summed E-state index contributed by atoms with van der Waals surface area (Å²) in [5.74, 6) is -1.92. The summed E-state index contributed by atoms with van der Waals surface area (Å²) in [6.07, 6.45) is 0. The van der Waals surface area contributed by atoms with Gasteiger partial charge in [-0.25, -0.2) is 9.18 Å². The zero-order valence-corrected chi connectivity index (χ0v) is 10.3. The molecule has 0 bridgehead atoms. The highest BCUT2D eigenvalue weighted by Gasteiger charge is 2.17. The summed E-state index contributed by atoms with van der Waals surface area (Å²) < 4.78 is 18.2. The predicted molar refractivity (Wildman–Crippen MR) is 62.0 cm³/mol. The lowest BCUT2D eigenvalue weighted by atomic mass is 10.1. The molecule has 1 unspecified atom stereocenters. The fourth-order valence-electron chi connectivity index (χ4n) is 1.27. The molecule has 3 nitrogen and oxygen atoms in total. The molecule has 0 fully saturated rings. The molecule has 0 spiro atoms. The van der Waals surface area contributed by atoms with Crippen LogP contribution in [0.25, 0.3) is 0 Å². The third kappa shape index (κ3) is 3.27. The number of halogens is 2. The summed E-state index contributed by atoms with van der Waals surface area (Å²) in [5, 5.41) is -0.733. The van der Waals surface area contributed by atoms with Crippen LogP contribution < -0.4 is 0 Å². The van der Waals surface area contributed by atoms with Crippen LogP contribution in [0, 0.1) is 5.82 Å². The molecule has 1 aromatic rings.